The zero-order chi connectivity index (χ0) is 23.9. The number of H-pyrrole nitrogens is 2. The normalized spacial score (nSPS) is 13.9. The van der Waals surface area contributed by atoms with E-state index in [9.17, 15) is 0 Å². The number of benzene rings is 1. The first kappa shape index (κ1) is 25.3. The Bertz CT molecular complexity index is 1330. The third-order valence-electron chi connectivity index (χ3n) is 5.57. The molecule has 0 fully saturated rings. The first-order valence-corrected chi connectivity index (χ1v) is 18.5. The van der Waals surface area contributed by atoms with Crippen LogP contribution in [0.5, 0.6) is 0 Å². The van der Waals surface area contributed by atoms with Crippen molar-refractivity contribution in [2.75, 3.05) is 0 Å². The topological polar surface area (TPSA) is 41.4 Å². The predicted octanol–water partition coefficient (Wildman–Crippen LogP) is 7.97. The summed E-state index contributed by atoms with van der Waals surface area (Å²) < 4.78 is 8.56. The molecule has 2 heterocycles. The Balaban J connectivity index is 2.90. The summed E-state index contributed by atoms with van der Waals surface area (Å²) in [4.78, 5) is 7.11. The predicted molar refractivity (Wildman–Crippen MR) is 136 cm³/mol. The fraction of sp³-hybridized carbons (Fsp3) is 0.480. The number of imidazole rings is 2. The second-order valence-electron chi connectivity index (χ2n) is 9.50. The second-order valence-corrected chi connectivity index (χ2v) is 22.8. The average molecular weight is 567 g/mol. The molecule has 7 heteroatoms. The summed E-state index contributed by atoms with van der Waals surface area (Å²) in [5.41, 5.74) is 3.43. The van der Waals surface area contributed by atoms with Crippen LogP contribution in [-0.2, 0) is 10.3 Å². The number of rotatable bonds is 5. The molecule has 0 aliphatic heterocycles. The second kappa shape index (κ2) is 9.16. The molecular weight excluding hydrogens is 528 g/mol. The van der Waals surface area contributed by atoms with Crippen LogP contribution in [0.3, 0.4) is 0 Å². The van der Waals surface area contributed by atoms with Crippen LogP contribution < -0.4 is 0 Å². The summed E-state index contributed by atoms with van der Waals surface area (Å²) in [5.74, 6) is 0.682. The third-order valence-corrected chi connectivity index (χ3v) is 15.3. The molecular formula is C25H38Cl2N4Ru. The molecule has 1 aromatic carbocycles. The Kier molecular flexibility index (Phi) is 7.25. The van der Waals surface area contributed by atoms with Gasteiger partial charge >= 0.3 is 200 Å². The minimum absolute atomic E-state index is 0.210. The molecule has 180 valence electrons. The van der Waals surface area contributed by atoms with Crippen molar-refractivity contribution in [2.24, 2.45) is 0 Å². The number of aromatic amines is 2. The van der Waals surface area contributed by atoms with Crippen molar-refractivity contribution < 1.29 is 10.3 Å². The van der Waals surface area contributed by atoms with E-state index in [0.717, 1.165) is 13.6 Å². The van der Waals surface area contributed by atoms with Crippen molar-refractivity contribution in [3.05, 3.63) is 67.7 Å². The first-order valence-electron chi connectivity index (χ1n) is 11.3. The summed E-state index contributed by atoms with van der Waals surface area (Å²) in [6, 6.07) is 10.6. The quantitative estimate of drug-likeness (QED) is 0.294. The van der Waals surface area contributed by atoms with Crippen LogP contribution in [0.25, 0.3) is 0 Å². The standard InChI is InChI=1S/2C9H16N2.C7H6.2ClH.Ru/c2*1-7(2)9-5-10-6-11(9)8(3)4;1-7-5-3-2-4-6-7;;;/h2*5,7-8,10H,1-4H3;1-6H;2*1H;/q;;;;;+2/p-2. The molecule has 0 unspecified atom stereocenters. The van der Waals surface area contributed by atoms with Gasteiger partial charge in [0.15, 0.2) is 0 Å². The molecule has 0 bridgehead atoms. The van der Waals surface area contributed by atoms with Gasteiger partial charge in [0.25, 0.3) is 0 Å². The third kappa shape index (κ3) is 4.41. The van der Waals surface area contributed by atoms with Gasteiger partial charge in [-0.1, -0.05) is 0 Å². The molecule has 0 atom stereocenters. The van der Waals surface area contributed by atoms with E-state index in [1.807, 2.05) is 18.2 Å². The van der Waals surface area contributed by atoms with Crippen molar-refractivity contribution in [3.63, 3.8) is 0 Å². The number of halogens is 2. The summed E-state index contributed by atoms with van der Waals surface area (Å²) in [6.45, 7) is 17.6. The van der Waals surface area contributed by atoms with Crippen molar-refractivity contribution in [1.82, 2.24) is 19.1 Å². The van der Waals surface area contributed by atoms with Gasteiger partial charge in [0.1, 0.15) is 0 Å². The van der Waals surface area contributed by atoms with Crippen molar-refractivity contribution in [3.8, 4) is 0 Å². The zero-order valence-corrected chi connectivity index (χ0v) is 23.7. The molecule has 0 saturated carbocycles. The van der Waals surface area contributed by atoms with Gasteiger partial charge in [-0.25, -0.2) is 0 Å². The Morgan fingerprint density at radius 2 is 1.12 bits per heavy atom. The van der Waals surface area contributed by atoms with Crippen LogP contribution in [0.4, 0.5) is 0 Å². The summed E-state index contributed by atoms with van der Waals surface area (Å²) in [5, 5.41) is 0. The Morgan fingerprint density at radius 3 is 1.47 bits per heavy atom. The van der Waals surface area contributed by atoms with Crippen molar-refractivity contribution >= 4 is 24.0 Å². The minimum atomic E-state index is -4.60. The number of hydrogen-bond acceptors (Lipinski definition) is 0. The van der Waals surface area contributed by atoms with Crippen LogP contribution in [0.15, 0.2) is 42.7 Å². The van der Waals surface area contributed by atoms with E-state index in [-0.39, 0.29) is 12.1 Å². The number of aromatic nitrogens is 4. The molecule has 0 saturated heterocycles. The van der Waals surface area contributed by atoms with Crippen molar-refractivity contribution in [2.45, 2.75) is 79.3 Å². The van der Waals surface area contributed by atoms with Gasteiger partial charge in [-0.2, -0.15) is 0 Å². The van der Waals surface area contributed by atoms with Gasteiger partial charge < -0.3 is 0 Å². The van der Waals surface area contributed by atoms with Gasteiger partial charge in [0, 0.05) is 0 Å². The van der Waals surface area contributed by atoms with Crippen LogP contribution in [0, 0.1) is 8.03 Å². The number of nitrogens with one attached hydrogen (secondary N) is 2. The number of nitrogens with zero attached hydrogens (tertiary/aromatic N) is 2. The molecule has 0 spiro atoms. The molecule has 0 radical (unpaired) electrons. The molecule has 0 aliphatic rings. The van der Waals surface area contributed by atoms with E-state index < -0.39 is 10.3 Å². The van der Waals surface area contributed by atoms with E-state index in [1.54, 1.807) is 0 Å². The van der Waals surface area contributed by atoms with Gasteiger partial charge in [0.05, 0.1) is 0 Å². The Labute approximate surface area is 199 Å². The molecule has 2 aromatic heterocycles. The zero-order valence-electron chi connectivity index (χ0n) is 20.4. The molecule has 0 aliphatic carbocycles. The molecule has 0 amide bonds. The SMILES string of the molecule is CC(C)c1c[nH][c](=[Ru]([Cl])([Cl])(=[CH]c2ccccc2)=[c]2[nH]cc(C(C)C)n2C(C)C)n1C(C)C. The van der Waals surface area contributed by atoms with Crippen LogP contribution >= 0.6 is 19.4 Å². The maximum absolute atomic E-state index is 7.90. The molecule has 4 nitrogen and oxygen atoms in total. The van der Waals surface area contributed by atoms with E-state index in [2.05, 4.69) is 104 Å². The molecule has 3 aromatic rings. The fourth-order valence-corrected chi connectivity index (χ4v) is 13.9. The Morgan fingerprint density at radius 1 is 0.719 bits per heavy atom. The van der Waals surface area contributed by atoms with Crippen LogP contribution in [0.2, 0.25) is 0 Å². The van der Waals surface area contributed by atoms with E-state index in [0.29, 0.717) is 11.8 Å². The van der Waals surface area contributed by atoms with E-state index in [4.69, 9.17) is 19.4 Å². The summed E-state index contributed by atoms with van der Waals surface area (Å²) >= 11 is 0. The van der Waals surface area contributed by atoms with E-state index >= 15 is 0 Å². The van der Waals surface area contributed by atoms with Gasteiger partial charge in [0.2, 0.25) is 0 Å². The summed E-state index contributed by atoms with van der Waals surface area (Å²) in [6.07, 6.45) is 4.16. The van der Waals surface area contributed by atoms with E-state index in [1.165, 1.54) is 11.4 Å². The van der Waals surface area contributed by atoms with Crippen LogP contribution in [0.1, 0.15) is 96.3 Å². The van der Waals surface area contributed by atoms with Gasteiger partial charge in [-0.05, 0) is 0 Å². The monoisotopic (exact) mass is 566 g/mol. The Hall–Kier alpha value is -1.29. The molecule has 3 rings (SSSR count). The molecule has 2 N–H and O–H groups in total. The van der Waals surface area contributed by atoms with Crippen LogP contribution in [-0.4, -0.2) is 23.7 Å². The molecule has 32 heavy (non-hydrogen) atoms. The average Bonchev–Trinajstić information content (AvgIpc) is 3.35. The fourth-order valence-electron chi connectivity index (χ4n) is 4.09. The summed E-state index contributed by atoms with van der Waals surface area (Å²) in [7, 11) is 11.2. The maximum atomic E-state index is 7.90. The first-order chi connectivity index (χ1) is 14.9. The van der Waals surface area contributed by atoms with Gasteiger partial charge in [-0.15, -0.1) is 0 Å². The van der Waals surface area contributed by atoms with Gasteiger partial charge in [-0.3, -0.25) is 0 Å². The van der Waals surface area contributed by atoms with Crippen molar-refractivity contribution in [1.29, 1.82) is 0 Å². The number of hydrogen-bond donors (Lipinski definition) is 2.